The third-order valence-electron chi connectivity index (χ3n) is 4.43. The molecule has 0 amide bonds. The van der Waals surface area contributed by atoms with Gasteiger partial charge in [-0.15, -0.1) is 0 Å². The summed E-state index contributed by atoms with van der Waals surface area (Å²) >= 11 is 0. The average molecular weight is 391 g/mol. The molecule has 29 heavy (non-hydrogen) atoms. The van der Waals surface area contributed by atoms with Crippen LogP contribution >= 0.6 is 0 Å². The maximum Gasteiger partial charge on any atom is 0.234 e. The van der Waals surface area contributed by atoms with Crippen molar-refractivity contribution in [1.82, 2.24) is 25.2 Å². The van der Waals surface area contributed by atoms with Crippen molar-refractivity contribution in [2.75, 3.05) is 0 Å². The lowest BCUT2D eigenvalue weighted by Crippen LogP contribution is -2.37. The molecular weight excluding hydrogens is 378 g/mol. The summed E-state index contributed by atoms with van der Waals surface area (Å²) < 4.78 is 34.6. The van der Waals surface area contributed by atoms with Crippen LogP contribution in [0, 0.1) is 11.6 Å². The lowest BCUT2D eigenvalue weighted by atomic mass is 10.2. The number of aromatic amines is 1. The van der Waals surface area contributed by atoms with Gasteiger partial charge in [-0.3, -0.25) is 4.98 Å². The smallest absolute Gasteiger partial charge is 0.234 e. The van der Waals surface area contributed by atoms with Gasteiger partial charge in [-0.05, 0) is 29.4 Å². The minimum Gasteiger partial charge on any atom is -0.354 e. The number of fused-ring (bicyclic) bond motifs is 1. The van der Waals surface area contributed by atoms with Gasteiger partial charge in [0.15, 0.2) is 11.6 Å². The molecular formula is C20H13F2N6O+. The summed E-state index contributed by atoms with van der Waals surface area (Å²) in [6.45, 7) is 0.344. The lowest BCUT2D eigenvalue weighted by Gasteiger charge is -1.99. The molecule has 0 saturated carbocycles. The summed E-state index contributed by atoms with van der Waals surface area (Å²) in [5.74, 6) is -1.02. The van der Waals surface area contributed by atoms with Gasteiger partial charge in [0, 0.05) is 24.0 Å². The average Bonchev–Trinajstić information content (AvgIpc) is 3.37. The molecule has 0 aliphatic carbocycles. The molecule has 0 atom stereocenters. The van der Waals surface area contributed by atoms with Crippen molar-refractivity contribution in [3.63, 3.8) is 0 Å². The molecule has 0 aliphatic rings. The first-order chi connectivity index (χ1) is 14.2. The van der Waals surface area contributed by atoms with Gasteiger partial charge in [0.1, 0.15) is 28.7 Å². The Bertz CT molecular complexity index is 1320. The predicted octanol–water partition coefficient (Wildman–Crippen LogP) is 3.29. The molecule has 142 valence electrons. The number of nitrogens with one attached hydrogen (secondary N) is 1. The molecule has 4 aromatic heterocycles. The molecule has 0 aliphatic heterocycles. The molecule has 5 aromatic rings. The van der Waals surface area contributed by atoms with E-state index >= 15 is 0 Å². The fourth-order valence-corrected chi connectivity index (χ4v) is 3.01. The quantitative estimate of drug-likeness (QED) is 0.475. The number of nitrogens with zero attached hydrogens (tertiary/aromatic N) is 5. The summed E-state index contributed by atoms with van der Waals surface area (Å²) in [6, 6.07) is 9.48. The van der Waals surface area contributed by atoms with E-state index < -0.39 is 11.6 Å². The molecule has 4 heterocycles. The van der Waals surface area contributed by atoms with Gasteiger partial charge < -0.3 is 9.51 Å². The molecule has 0 fully saturated rings. The van der Waals surface area contributed by atoms with Crippen LogP contribution in [0.15, 0.2) is 65.7 Å². The highest BCUT2D eigenvalue weighted by molar-refractivity contribution is 5.77. The Kier molecular flexibility index (Phi) is 4.05. The van der Waals surface area contributed by atoms with Gasteiger partial charge in [-0.2, -0.15) is 0 Å². The zero-order valence-corrected chi connectivity index (χ0v) is 14.9. The van der Waals surface area contributed by atoms with Crippen LogP contribution in [0.1, 0.15) is 5.76 Å². The summed E-state index contributed by atoms with van der Waals surface area (Å²) in [6.07, 6.45) is 6.64. The zero-order chi connectivity index (χ0) is 19.8. The van der Waals surface area contributed by atoms with Crippen LogP contribution in [-0.4, -0.2) is 25.2 Å². The van der Waals surface area contributed by atoms with E-state index in [4.69, 9.17) is 4.52 Å². The first kappa shape index (κ1) is 17.1. The van der Waals surface area contributed by atoms with Gasteiger partial charge >= 0.3 is 0 Å². The topological polar surface area (TPSA) is 84.4 Å². The number of hydrogen-bond acceptors (Lipinski definition) is 5. The fraction of sp³-hybridized carbons (Fsp3) is 0.0500. The van der Waals surface area contributed by atoms with Gasteiger partial charge in [0.25, 0.3) is 0 Å². The van der Waals surface area contributed by atoms with Crippen molar-refractivity contribution in [2.24, 2.45) is 0 Å². The van der Waals surface area contributed by atoms with Crippen molar-refractivity contribution >= 4 is 11.0 Å². The maximum atomic E-state index is 14.0. The number of rotatable bonds is 4. The Morgan fingerprint density at radius 3 is 2.83 bits per heavy atom. The third-order valence-corrected chi connectivity index (χ3v) is 4.43. The standard InChI is InChI=1S/C20H12F2N6O/c21-15-3-1-2-14(19(15)22)20-25-17-9-24-28(11-18(17)26-20)10-13-8-16(27-29-13)12-4-6-23-7-5-12/h1-9,11H,10H2/p+1. The Morgan fingerprint density at radius 1 is 1.10 bits per heavy atom. The van der Waals surface area contributed by atoms with Crippen molar-refractivity contribution in [3.05, 3.63) is 78.6 Å². The van der Waals surface area contributed by atoms with Gasteiger partial charge in [0.2, 0.25) is 18.5 Å². The highest BCUT2D eigenvalue weighted by Crippen LogP contribution is 2.24. The normalized spacial score (nSPS) is 11.2. The van der Waals surface area contributed by atoms with E-state index in [1.54, 1.807) is 29.5 Å². The number of H-pyrrole nitrogens is 1. The van der Waals surface area contributed by atoms with Crippen LogP contribution in [0.4, 0.5) is 8.78 Å². The number of benzene rings is 1. The van der Waals surface area contributed by atoms with E-state index in [-0.39, 0.29) is 11.4 Å². The minimum absolute atomic E-state index is 0.0602. The van der Waals surface area contributed by atoms with Gasteiger partial charge in [0.05, 0.1) is 5.56 Å². The van der Waals surface area contributed by atoms with Crippen molar-refractivity contribution in [3.8, 4) is 22.6 Å². The molecule has 7 nitrogen and oxygen atoms in total. The lowest BCUT2D eigenvalue weighted by molar-refractivity contribution is -0.746. The van der Waals surface area contributed by atoms with Crippen LogP contribution in [-0.2, 0) is 6.54 Å². The SMILES string of the molecule is Fc1cccc(-c2nc3cn[n+](Cc4cc(-c5ccncc5)no4)cc3[nH]2)c1F. The van der Waals surface area contributed by atoms with Gasteiger partial charge in [-0.1, -0.05) is 15.9 Å². The zero-order valence-electron chi connectivity index (χ0n) is 14.9. The molecule has 5 rings (SSSR count). The number of hydrogen-bond donors (Lipinski definition) is 1. The first-order valence-corrected chi connectivity index (χ1v) is 8.73. The van der Waals surface area contributed by atoms with Crippen molar-refractivity contribution < 1.29 is 18.0 Å². The molecule has 0 unspecified atom stereocenters. The molecule has 0 radical (unpaired) electrons. The molecule has 1 N–H and O–H groups in total. The van der Waals surface area contributed by atoms with E-state index in [1.807, 2.05) is 18.2 Å². The van der Waals surface area contributed by atoms with E-state index in [1.165, 1.54) is 12.1 Å². The molecule has 0 saturated heterocycles. The second-order valence-corrected chi connectivity index (χ2v) is 6.37. The first-order valence-electron chi connectivity index (χ1n) is 8.73. The van der Waals surface area contributed by atoms with E-state index in [9.17, 15) is 8.78 Å². The molecule has 0 spiro atoms. The highest BCUT2D eigenvalue weighted by Gasteiger charge is 2.17. The third kappa shape index (κ3) is 3.22. The molecule has 9 heteroatoms. The van der Waals surface area contributed by atoms with Crippen LogP contribution in [0.25, 0.3) is 33.7 Å². The second-order valence-electron chi connectivity index (χ2n) is 6.37. The van der Waals surface area contributed by atoms with Crippen LogP contribution < -0.4 is 4.68 Å². The Labute approximate surface area is 162 Å². The Balaban J connectivity index is 1.43. The minimum atomic E-state index is -0.947. The van der Waals surface area contributed by atoms with Crippen LogP contribution in [0.3, 0.4) is 0 Å². The summed E-state index contributed by atoms with van der Waals surface area (Å²) in [5.41, 5.74) is 2.83. The van der Waals surface area contributed by atoms with E-state index in [0.717, 1.165) is 11.6 Å². The fourth-order valence-electron chi connectivity index (χ4n) is 3.01. The van der Waals surface area contributed by atoms with Crippen LogP contribution in [0.2, 0.25) is 0 Å². The number of halogens is 2. The summed E-state index contributed by atoms with van der Waals surface area (Å²) in [4.78, 5) is 11.3. The Hall–Kier alpha value is -4.01. The Morgan fingerprint density at radius 2 is 1.97 bits per heavy atom. The monoisotopic (exact) mass is 391 g/mol. The number of imidazole rings is 1. The summed E-state index contributed by atoms with van der Waals surface area (Å²) in [5, 5.41) is 8.37. The largest absolute Gasteiger partial charge is 0.354 e. The summed E-state index contributed by atoms with van der Waals surface area (Å²) in [7, 11) is 0. The number of aromatic nitrogens is 6. The van der Waals surface area contributed by atoms with E-state index in [2.05, 4.69) is 25.2 Å². The van der Waals surface area contributed by atoms with Crippen LogP contribution in [0.5, 0.6) is 0 Å². The molecule has 0 bridgehead atoms. The second kappa shape index (κ2) is 6.86. The highest BCUT2D eigenvalue weighted by atomic mass is 19.2. The maximum absolute atomic E-state index is 14.0. The molecule has 1 aromatic carbocycles. The van der Waals surface area contributed by atoms with Gasteiger partial charge in [-0.25, -0.2) is 13.8 Å². The predicted molar refractivity (Wildman–Crippen MR) is 98.3 cm³/mol. The van der Waals surface area contributed by atoms with Crippen molar-refractivity contribution in [1.29, 1.82) is 0 Å². The van der Waals surface area contributed by atoms with Crippen molar-refractivity contribution in [2.45, 2.75) is 6.54 Å². The number of pyridine rings is 1. The van der Waals surface area contributed by atoms with E-state index in [0.29, 0.717) is 29.0 Å².